The number of nitro groups is 1. The Hall–Kier alpha value is -3.28. The van der Waals surface area contributed by atoms with Crippen LogP contribution in [-0.4, -0.2) is 32.3 Å². The Morgan fingerprint density at radius 1 is 1.57 bits per heavy atom. The fourth-order valence-corrected chi connectivity index (χ4v) is 1.57. The third kappa shape index (κ3) is 2.84. The maximum absolute atomic E-state index is 11.5. The molecule has 9 nitrogen and oxygen atoms in total. The van der Waals surface area contributed by atoms with Crippen molar-refractivity contribution < 1.29 is 14.5 Å². The molecule has 0 atom stereocenters. The lowest BCUT2D eigenvalue weighted by molar-refractivity contribution is -0.385. The van der Waals surface area contributed by atoms with Crippen LogP contribution in [0.15, 0.2) is 24.5 Å². The van der Waals surface area contributed by atoms with Crippen molar-refractivity contribution in [3.05, 3.63) is 45.9 Å². The standard InChI is InChI=1S/C12H9N5O4/c1-2-21-12(18)8-6-14-16(7-8)11-4-3-10(17(19)20)9(5-13)15-11/h3-4,6-7H,2H2,1H3. The Kier molecular flexibility index (Phi) is 3.90. The van der Waals surface area contributed by atoms with Crippen LogP contribution in [0.4, 0.5) is 5.69 Å². The van der Waals surface area contributed by atoms with Crippen LogP contribution >= 0.6 is 0 Å². The summed E-state index contributed by atoms with van der Waals surface area (Å²) in [4.78, 5) is 25.4. The average Bonchev–Trinajstić information content (AvgIpc) is 2.96. The van der Waals surface area contributed by atoms with E-state index in [-0.39, 0.29) is 29.4 Å². The molecule has 0 bridgehead atoms. The van der Waals surface area contributed by atoms with Gasteiger partial charge in [-0.2, -0.15) is 10.4 Å². The van der Waals surface area contributed by atoms with Gasteiger partial charge in [-0.25, -0.2) is 14.5 Å². The van der Waals surface area contributed by atoms with Gasteiger partial charge < -0.3 is 4.74 Å². The largest absolute Gasteiger partial charge is 0.462 e. The van der Waals surface area contributed by atoms with Crippen molar-refractivity contribution >= 4 is 11.7 Å². The van der Waals surface area contributed by atoms with Crippen LogP contribution in [0.5, 0.6) is 0 Å². The van der Waals surface area contributed by atoms with E-state index in [0.29, 0.717) is 0 Å². The molecule has 0 aliphatic carbocycles. The summed E-state index contributed by atoms with van der Waals surface area (Å²) in [5.74, 6) is -0.348. The summed E-state index contributed by atoms with van der Waals surface area (Å²) in [6, 6.07) is 4.14. The molecule has 0 aromatic carbocycles. The summed E-state index contributed by atoms with van der Waals surface area (Å²) in [6.07, 6.45) is 2.65. The van der Waals surface area contributed by atoms with Gasteiger partial charge in [0.1, 0.15) is 6.07 Å². The van der Waals surface area contributed by atoms with Gasteiger partial charge in [0.25, 0.3) is 0 Å². The predicted octanol–water partition coefficient (Wildman–Crippen LogP) is 1.22. The van der Waals surface area contributed by atoms with E-state index < -0.39 is 10.9 Å². The van der Waals surface area contributed by atoms with Crippen molar-refractivity contribution in [3.63, 3.8) is 0 Å². The van der Waals surface area contributed by atoms with Crippen LogP contribution in [-0.2, 0) is 4.74 Å². The highest BCUT2D eigenvalue weighted by molar-refractivity contribution is 5.88. The third-order valence-electron chi connectivity index (χ3n) is 2.49. The second kappa shape index (κ2) is 5.79. The topological polar surface area (TPSA) is 124 Å². The van der Waals surface area contributed by atoms with Crippen molar-refractivity contribution in [2.45, 2.75) is 6.92 Å². The Labute approximate surface area is 118 Å². The molecule has 0 amide bonds. The minimum atomic E-state index is -0.692. The molecule has 0 aliphatic rings. The number of nitriles is 1. The number of rotatable bonds is 4. The first-order valence-corrected chi connectivity index (χ1v) is 5.84. The molecule has 0 spiro atoms. The average molecular weight is 287 g/mol. The molecule has 2 heterocycles. The molecule has 0 saturated carbocycles. The molecular weight excluding hydrogens is 278 g/mol. The summed E-state index contributed by atoms with van der Waals surface area (Å²) in [5, 5.41) is 23.5. The van der Waals surface area contributed by atoms with Crippen molar-refractivity contribution in [1.82, 2.24) is 14.8 Å². The third-order valence-corrected chi connectivity index (χ3v) is 2.49. The monoisotopic (exact) mass is 287 g/mol. The summed E-state index contributed by atoms with van der Waals surface area (Å²) in [6.45, 7) is 1.91. The van der Waals surface area contributed by atoms with Gasteiger partial charge in [0, 0.05) is 12.3 Å². The van der Waals surface area contributed by atoms with Crippen LogP contribution in [0, 0.1) is 21.4 Å². The molecule has 9 heteroatoms. The Balaban J connectivity index is 2.37. The van der Waals surface area contributed by atoms with Crippen LogP contribution < -0.4 is 0 Å². The number of carbonyl (C=O) groups excluding carboxylic acids is 1. The molecule has 21 heavy (non-hydrogen) atoms. The van der Waals surface area contributed by atoms with Crippen molar-refractivity contribution in [2.75, 3.05) is 6.61 Å². The van der Waals surface area contributed by atoms with Crippen molar-refractivity contribution in [2.24, 2.45) is 0 Å². The molecule has 0 radical (unpaired) electrons. The molecule has 2 aromatic heterocycles. The molecular formula is C12H9N5O4. The maximum atomic E-state index is 11.5. The fraction of sp³-hybridized carbons (Fsp3) is 0.167. The lowest BCUT2D eigenvalue weighted by atomic mass is 10.3. The minimum Gasteiger partial charge on any atom is -0.462 e. The molecule has 2 rings (SSSR count). The van der Waals surface area contributed by atoms with Gasteiger partial charge in [-0.05, 0) is 13.0 Å². The highest BCUT2D eigenvalue weighted by Crippen LogP contribution is 2.17. The van der Waals surface area contributed by atoms with Gasteiger partial charge in [0.05, 0.1) is 23.3 Å². The number of pyridine rings is 1. The molecule has 2 aromatic rings. The normalized spacial score (nSPS) is 9.90. The van der Waals surface area contributed by atoms with E-state index in [1.807, 2.05) is 0 Å². The lowest BCUT2D eigenvalue weighted by Crippen LogP contribution is -2.04. The molecule has 0 unspecified atom stereocenters. The second-order valence-corrected chi connectivity index (χ2v) is 3.80. The van der Waals surface area contributed by atoms with Gasteiger partial charge in [-0.15, -0.1) is 0 Å². The second-order valence-electron chi connectivity index (χ2n) is 3.80. The molecule has 0 saturated heterocycles. The van der Waals surface area contributed by atoms with E-state index in [1.165, 1.54) is 23.1 Å². The molecule has 106 valence electrons. The smallest absolute Gasteiger partial charge is 0.341 e. The van der Waals surface area contributed by atoms with E-state index in [2.05, 4.69) is 10.1 Å². The summed E-state index contributed by atoms with van der Waals surface area (Å²) in [5.41, 5.74) is -0.500. The van der Waals surface area contributed by atoms with Gasteiger partial charge >= 0.3 is 11.7 Å². The van der Waals surface area contributed by atoms with Crippen LogP contribution in [0.1, 0.15) is 23.0 Å². The molecule has 0 aliphatic heterocycles. The predicted molar refractivity (Wildman–Crippen MR) is 68.7 cm³/mol. The van der Waals surface area contributed by atoms with Crippen molar-refractivity contribution in [1.29, 1.82) is 5.26 Å². The number of hydrogen-bond donors (Lipinski definition) is 0. The zero-order valence-corrected chi connectivity index (χ0v) is 10.9. The number of hydrogen-bond acceptors (Lipinski definition) is 7. The Bertz CT molecular complexity index is 746. The number of ether oxygens (including phenoxy) is 1. The lowest BCUT2D eigenvalue weighted by Gasteiger charge is -2.01. The van der Waals surface area contributed by atoms with Gasteiger partial charge in [-0.1, -0.05) is 0 Å². The van der Waals surface area contributed by atoms with Crippen LogP contribution in [0.3, 0.4) is 0 Å². The highest BCUT2D eigenvalue weighted by Gasteiger charge is 2.17. The first-order chi connectivity index (χ1) is 10.1. The first-order valence-electron chi connectivity index (χ1n) is 5.84. The number of nitrogens with zero attached hydrogens (tertiary/aromatic N) is 5. The quantitative estimate of drug-likeness (QED) is 0.470. The van der Waals surface area contributed by atoms with E-state index >= 15 is 0 Å². The van der Waals surface area contributed by atoms with E-state index in [1.54, 1.807) is 13.0 Å². The Morgan fingerprint density at radius 3 is 2.95 bits per heavy atom. The SMILES string of the molecule is CCOC(=O)c1cnn(-c2ccc([N+](=O)[O-])c(C#N)n2)c1. The number of aromatic nitrogens is 3. The summed E-state index contributed by atoms with van der Waals surface area (Å²) < 4.78 is 6.05. The van der Waals surface area contributed by atoms with E-state index in [4.69, 9.17) is 10.00 Å². The zero-order valence-electron chi connectivity index (χ0n) is 10.9. The number of esters is 1. The number of carbonyl (C=O) groups is 1. The zero-order chi connectivity index (χ0) is 15.4. The van der Waals surface area contributed by atoms with E-state index in [9.17, 15) is 14.9 Å². The maximum Gasteiger partial charge on any atom is 0.341 e. The highest BCUT2D eigenvalue weighted by atomic mass is 16.6. The minimum absolute atomic E-state index is 0.188. The van der Waals surface area contributed by atoms with Gasteiger partial charge in [0.2, 0.25) is 5.69 Å². The van der Waals surface area contributed by atoms with Crippen molar-refractivity contribution in [3.8, 4) is 11.9 Å². The Morgan fingerprint density at radius 2 is 2.33 bits per heavy atom. The first kappa shape index (κ1) is 14.1. The van der Waals surface area contributed by atoms with Crippen LogP contribution in [0.2, 0.25) is 0 Å². The summed E-state index contributed by atoms with van der Waals surface area (Å²) in [7, 11) is 0. The molecule has 0 fully saturated rings. The van der Waals surface area contributed by atoms with Gasteiger partial charge in [-0.3, -0.25) is 10.1 Å². The van der Waals surface area contributed by atoms with Gasteiger partial charge in [0.15, 0.2) is 5.82 Å². The molecule has 0 N–H and O–H groups in total. The van der Waals surface area contributed by atoms with Crippen LogP contribution in [0.25, 0.3) is 5.82 Å². The summed E-state index contributed by atoms with van der Waals surface area (Å²) >= 11 is 0. The fourth-order valence-electron chi connectivity index (χ4n) is 1.57. The van der Waals surface area contributed by atoms with E-state index in [0.717, 1.165) is 6.07 Å².